The summed E-state index contributed by atoms with van der Waals surface area (Å²) < 4.78 is 25.6. The molecule has 0 aliphatic heterocycles. The van der Waals surface area contributed by atoms with E-state index in [0.29, 0.717) is 17.1 Å². The van der Waals surface area contributed by atoms with Crippen molar-refractivity contribution in [1.29, 1.82) is 0 Å². The van der Waals surface area contributed by atoms with Gasteiger partial charge in [-0.3, -0.25) is 9.59 Å². The van der Waals surface area contributed by atoms with E-state index in [9.17, 15) is 18.0 Å². The van der Waals surface area contributed by atoms with Crippen LogP contribution in [0, 0.1) is 13.8 Å². The first-order chi connectivity index (χ1) is 15.1. The van der Waals surface area contributed by atoms with Gasteiger partial charge in [-0.15, -0.1) is 0 Å². The molecule has 3 aromatic rings. The molecule has 1 aromatic heterocycles. The lowest BCUT2D eigenvalue weighted by atomic mass is 10.2. The van der Waals surface area contributed by atoms with Gasteiger partial charge in [0, 0.05) is 10.7 Å². The normalized spacial score (nSPS) is 12.4. The Balaban J connectivity index is 1.80. The number of anilines is 1. The first-order valence-electron chi connectivity index (χ1n) is 9.76. The molecule has 1 amide bonds. The maximum absolute atomic E-state index is 12.8. The summed E-state index contributed by atoms with van der Waals surface area (Å²) in [5.74, 6) is -0.276. The molecule has 2 aromatic carbocycles. The van der Waals surface area contributed by atoms with E-state index in [1.54, 1.807) is 30.3 Å². The van der Waals surface area contributed by atoms with E-state index in [-0.39, 0.29) is 16.0 Å². The Morgan fingerprint density at radius 2 is 1.88 bits per heavy atom. The fourth-order valence-electron chi connectivity index (χ4n) is 2.86. The highest BCUT2D eigenvalue weighted by molar-refractivity contribution is 8.00. The van der Waals surface area contributed by atoms with Crippen LogP contribution >= 0.6 is 23.4 Å². The predicted octanol–water partition coefficient (Wildman–Crippen LogP) is 4.38. The molecule has 1 atom stereocenters. The minimum Gasteiger partial charge on any atom is -0.325 e. The van der Waals surface area contributed by atoms with Crippen LogP contribution in [-0.2, 0) is 14.6 Å². The number of carbonyl (C=O) groups excluding carboxylic acids is 1. The van der Waals surface area contributed by atoms with Crippen molar-refractivity contribution in [3.63, 3.8) is 0 Å². The zero-order chi connectivity index (χ0) is 23.5. The molecule has 0 spiro atoms. The number of hydrogen-bond acceptors (Lipinski definition) is 6. The molecule has 0 bridgehead atoms. The number of H-pyrrole nitrogens is 1. The van der Waals surface area contributed by atoms with E-state index >= 15 is 0 Å². The number of nitrogens with zero attached hydrogens (tertiary/aromatic N) is 1. The number of aromatic nitrogens is 2. The van der Waals surface area contributed by atoms with Gasteiger partial charge < -0.3 is 10.3 Å². The first-order valence-corrected chi connectivity index (χ1v) is 12.5. The molecule has 1 heterocycles. The molecule has 0 saturated heterocycles. The van der Waals surface area contributed by atoms with Gasteiger partial charge in [0.15, 0.2) is 10.1 Å². The lowest BCUT2D eigenvalue weighted by Crippen LogP contribution is -2.26. The fraction of sp³-hybridized carbons (Fsp3) is 0.227. The van der Waals surface area contributed by atoms with Gasteiger partial charge in [-0.25, -0.2) is 13.4 Å². The molecule has 2 N–H and O–H groups in total. The topological polar surface area (TPSA) is 109 Å². The van der Waals surface area contributed by atoms with Crippen molar-refractivity contribution in [2.75, 3.05) is 5.32 Å². The molecule has 0 saturated carbocycles. The monoisotopic (exact) mass is 491 g/mol. The van der Waals surface area contributed by atoms with E-state index in [1.165, 1.54) is 12.1 Å². The zero-order valence-corrected chi connectivity index (χ0v) is 20.1. The Bertz CT molecular complexity index is 1310. The maximum Gasteiger partial charge on any atom is 0.270 e. The summed E-state index contributed by atoms with van der Waals surface area (Å²) in [4.78, 5) is 31.4. The standard InChI is InChI=1S/C22H22ClN3O4S2/c1-4-18(20(27)25-17-11-15(23)8-7-14(17)3)31-22-24-12-19(21(28)26-22)32(29,30)16-9-5-13(2)6-10-16/h5-12,18H,4H2,1-3H3,(H,25,27)(H,24,26,28)/t18-/m1/s1. The number of nitrogens with one attached hydrogen (secondary N) is 2. The summed E-state index contributed by atoms with van der Waals surface area (Å²) >= 11 is 7.06. The number of rotatable bonds is 7. The van der Waals surface area contributed by atoms with Crippen LogP contribution in [0.4, 0.5) is 5.69 Å². The molecular weight excluding hydrogens is 470 g/mol. The van der Waals surface area contributed by atoms with Crippen molar-refractivity contribution in [3.05, 3.63) is 75.2 Å². The highest BCUT2D eigenvalue weighted by atomic mass is 35.5. The molecule has 10 heteroatoms. The average molecular weight is 492 g/mol. The molecule has 3 rings (SSSR count). The molecule has 0 aliphatic rings. The molecule has 32 heavy (non-hydrogen) atoms. The van der Waals surface area contributed by atoms with Crippen LogP contribution in [-0.4, -0.2) is 29.5 Å². The largest absolute Gasteiger partial charge is 0.325 e. The third-order valence-corrected chi connectivity index (χ3v) is 8.00. The van der Waals surface area contributed by atoms with Crippen LogP contribution in [0.2, 0.25) is 5.02 Å². The third kappa shape index (κ3) is 5.40. The molecule has 7 nitrogen and oxygen atoms in total. The van der Waals surface area contributed by atoms with Gasteiger partial charge in [0.1, 0.15) is 0 Å². The molecule has 0 fully saturated rings. The summed E-state index contributed by atoms with van der Waals surface area (Å²) in [5, 5.41) is 2.94. The summed E-state index contributed by atoms with van der Waals surface area (Å²) in [6.45, 7) is 5.52. The van der Waals surface area contributed by atoms with E-state index in [0.717, 1.165) is 29.1 Å². The SMILES string of the molecule is CC[C@@H](Sc1ncc(S(=O)(=O)c2ccc(C)cc2)c(=O)[nH]1)C(=O)Nc1cc(Cl)ccc1C. The van der Waals surface area contributed by atoms with Crippen molar-refractivity contribution in [2.24, 2.45) is 0 Å². The Labute approximate surface area is 195 Å². The second-order valence-corrected chi connectivity index (χ2v) is 10.7. The third-order valence-electron chi connectivity index (χ3n) is 4.74. The van der Waals surface area contributed by atoms with Crippen molar-refractivity contribution in [2.45, 2.75) is 47.4 Å². The summed E-state index contributed by atoms with van der Waals surface area (Å²) in [5.41, 5.74) is 1.57. The summed E-state index contributed by atoms with van der Waals surface area (Å²) in [6.07, 6.45) is 1.49. The highest BCUT2D eigenvalue weighted by Crippen LogP contribution is 2.26. The first kappa shape index (κ1) is 24.0. The van der Waals surface area contributed by atoms with Crippen molar-refractivity contribution in [3.8, 4) is 0 Å². The van der Waals surface area contributed by atoms with E-state index in [2.05, 4.69) is 15.3 Å². The van der Waals surface area contributed by atoms with Crippen LogP contribution in [0.25, 0.3) is 0 Å². The van der Waals surface area contributed by atoms with E-state index < -0.39 is 25.5 Å². The highest BCUT2D eigenvalue weighted by Gasteiger charge is 2.24. The lowest BCUT2D eigenvalue weighted by Gasteiger charge is -2.15. The predicted molar refractivity (Wildman–Crippen MR) is 126 cm³/mol. The van der Waals surface area contributed by atoms with Crippen LogP contribution in [0.5, 0.6) is 0 Å². The number of aryl methyl sites for hydroxylation is 2. The van der Waals surface area contributed by atoms with Crippen molar-refractivity contribution < 1.29 is 13.2 Å². The number of amides is 1. The van der Waals surface area contributed by atoms with Crippen LogP contribution in [0.1, 0.15) is 24.5 Å². The number of hydrogen-bond donors (Lipinski definition) is 2. The second kappa shape index (κ2) is 9.89. The van der Waals surface area contributed by atoms with Gasteiger partial charge in [0.25, 0.3) is 5.56 Å². The number of sulfone groups is 1. The van der Waals surface area contributed by atoms with Gasteiger partial charge in [-0.2, -0.15) is 0 Å². The molecule has 0 unspecified atom stereocenters. The smallest absolute Gasteiger partial charge is 0.270 e. The number of halogens is 1. The van der Waals surface area contributed by atoms with Gasteiger partial charge in [-0.1, -0.05) is 54.0 Å². The Morgan fingerprint density at radius 1 is 1.19 bits per heavy atom. The van der Waals surface area contributed by atoms with E-state index in [1.807, 2.05) is 20.8 Å². The maximum atomic E-state index is 12.8. The number of aromatic amines is 1. The van der Waals surface area contributed by atoms with Gasteiger partial charge in [0.05, 0.1) is 16.3 Å². The second-order valence-electron chi connectivity index (χ2n) is 7.16. The minimum absolute atomic E-state index is 0.0125. The van der Waals surface area contributed by atoms with Gasteiger partial charge in [0.2, 0.25) is 15.7 Å². The van der Waals surface area contributed by atoms with Gasteiger partial charge in [-0.05, 0) is 50.1 Å². The number of benzene rings is 2. The van der Waals surface area contributed by atoms with Crippen LogP contribution < -0.4 is 10.9 Å². The molecule has 0 radical (unpaired) electrons. The van der Waals surface area contributed by atoms with Crippen molar-refractivity contribution in [1.82, 2.24) is 9.97 Å². The van der Waals surface area contributed by atoms with Gasteiger partial charge >= 0.3 is 0 Å². The zero-order valence-electron chi connectivity index (χ0n) is 17.7. The number of thioether (sulfide) groups is 1. The van der Waals surface area contributed by atoms with E-state index in [4.69, 9.17) is 11.6 Å². The Morgan fingerprint density at radius 3 is 2.50 bits per heavy atom. The molecular formula is C22H22ClN3O4S2. The quantitative estimate of drug-likeness (QED) is 0.375. The summed E-state index contributed by atoms with van der Waals surface area (Å²) in [7, 11) is -4.01. The number of carbonyl (C=O) groups is 1. The Hall–Kier alpha value is -2.62. The minimum atomic E-state index is -4.01. The van der Waals surface area contributed by atoms with Crippen molar-refractivity contribution >= 4 is 44.8 Å². The van der Waals surface area contributed by atoms with Crippen LogP contribution in [0.3, 0.4) is 0 Å². The fourth-order valence-corrected chi connectivity index (χ4v) is 5.14. The molecule has 168 valence electrons. The summed E-state index contributed by atoms with van der Waals surface area (Å²) in [6, 6.07) is 11.4. The average Bonchev–Trinajstić information content (AvgIpc) is 2.74. The molecule has 0 aliphatic carbocycles. The van der Waals surface area contributed by atoms with Crippen LogP contribution in [0.15, 0.2) is 68.4 Å². The Kier molecular flexibility index (Phi) is 7.43. The lowest BCUT2D eigenvalue weighted by molar-refractivity contribution is -0.115.